The van der Waals surface area contributed by atoms with Gasteiger partial charge in [-0.2, -0.15) is 0 Å². The molecule has 2 nitrogen and oxygen atoms in total. The Hall–Kier alpha value is -0.0800. The fourth-order valence-corrected chi connectivity index (χ4v) is 2.25. The minimum atomic E-state index is -0.151. The molecular formula is C13H27NO. The van der Waals surface area contributed by atoms with Crippen LogP contribution in [0.3, 0.4) is 0 Å². The van der Waals surface area contributed by atoms with E-state index in [1.807, 2.05) is 0 Å². The molecule has 1 aliphatic heterocycles. The number of nitrogens with zero attached hydrogens (tertiary/aromatic N) is 1. The highest BCUT2D eigenvalue weighted by Crippen LogP contribution is 2.35. The van der Waals surface area contributed by atoms with Crippen LogP contribution in [0.4, 0.5) is 0 Å². The van der Waals surface area contributed by atoms with Crippen molar-refractivity contribution in [3.63, 3.8) is 0 Å². The smallest absolute Gasteiger partial charge is 0.0670 e. The molecule has 1 N–H and O–H groups in total. The minimum Gasteiger partial charge on any atom is -0.392 e. The number of piperidine rings is 1. The van der Waals surface area contributed by atoms with Gasteiger partial charge in [0.1, 0.15) is 0 Å². The molecule has 0 spiro atoms. The van der Waals surface area contributed by atoms with Crippen molar-refractivity contribution >= 4 is 0 Å². The minimum absolute atomic E-state index is 0.151. The highest BCUT2D eigenvalue weighted by molar-refractivity contribution is 4.90. The molecule has 0 aromatic rings. The van der Waals surface area contributed by atoms with E-state index in [0.29, 0.717) is 11.3 Å². The van der Waals surface area contributed by atoms with Gasteiger partial charge >= 0.3 is 0 Å². The number of likely N-dealkylation sites (tertiary alicyclic amines) is 1. The van der Waals surface area contributed by atoms with E-state index in [2.05, 4.69) is 46.4 Å². The number of β-amino-alcohol motifs (C(OH)–C–C–N with tert-alkyl or cyclic N) is 1. The van der Waals surface area contributed by atoms with Crippen molar-refractivity contribution in [2.75, 3.05) is 13.1 Å². The van der Waals surface area contributed by atoms with Gasteiger partial charge in [0, 0.05) is 18.6 Å². The Bertz CT molecular complexity index is 190. The van der Waals surface area contributed by atoms with Crippen LogP contribution in [0.25, 0.3) is 0 Å². The van der Waals surface area contributed by atoms with Crippen molar-refractivity contribution in [3.05, 3.63) is 0 Å². The molecule has 1 heterocycles. The summed E-state index contributed by atoms with van der Waals surface area (Å²) >= 11 is 0. The lowest BCUT2D eigenvalue weighted by atomic mass is 9.75. The SMILES string of the molecule is CC(C)(C)[C@H]1C[C@@H](O)CN(C(C)(C)C)C1. The van der Waals surface area contributed by atoms with Crippen LogP contribution in [0.5, 0.6) is 0 Å². The Morgan fingerprint density at radius 3 is 1.93 bits per heavy atom. The molecule has 15 heavy (non-hydrogen) atoms. The second kappa shape index (κ2) is 4.06. The van der Waals surface area contributed by atoms with E-state index in [-0.39, 0.29) is 11.6 Å². The van der Waals surface area contributed by atoms with E-state index in [4.69, 9.17) is 0 Å². The van der Waals surface area contributed by atoms with Crippen molar-refractivity contribution in [2.24, 2.45) is 11.3 Å². The average Bonchev–Trinajstić information content (AvgIpc) is 1.99. The Morgan fingerprint density at radius 2 is 1.53 bits per heavy atom. The molecule has 0 saturated carbocycles. The number of rotatable bonds is 0. The molecule has 0 aromatic heterocycles. The molecule has 1 rings (SSSR count). The molecule has 2 atom stereocenters. The van der Waals surface area contributed by atoms with E-state index < -0.39 is 0 Å². The summed E-state index contributed by atoms with van der Waals surface area (Å²) in [6.45, 7) is 15.4. The molecule has 0 aromatic carbocycles. The van der Waals surface area contributed by atoms with Crippen molar-refractivity contribution < 1.29 is 5.11 Å². The molecule has 2 heteroatoms. The van der Waals surface area contributed by atoms with Crippen molar-refractivity contribution in [1.82, 2.24) is 4.90 Å². The molecule has 0 unspecified atom stereocenters. The van der Waals surface area contributed by atoms with E-state index in [0.717, 1.165) is 19.5 Å². The van der Waals surface area contributed by atoms with E-state index >= 15 is 0 Å². The molecule has 1 fully saturated rings. The lowest BCUT2D eigenvalue weighted by molar-refractivity contribution is -0.0321. The van der Waals surface area contributed by atoms with Crippen molar-refractivity contribution in [2.45, 2.75) is 59.6 Å². The summed E-state index contributed by atoms with van der Waals surface area (Å²) in [6.07, 6.45) is 0.804. The van der Waals surface area contributed by atoms with Gasteiger partial charge in [-0.25, -0.2) is 0 Å². The monoisotopic (exact) mass is 213 g/mol. The largest absolute Gasteiger partial charge is 0.392 e. The summed E-state index contributed by atoms with van der Waals surface area (Å²) in [6, 6.07) is 0. The maximum atomic E-state index is 9.94. The molecule has 1 saturated heterocycles. The molecule has 0 radical (unpaired) electrons. The Balaban J connectivity index is 2.73. The third-order valence-electron chi connectivity index (χ3n) is 3.60. The lowest BCUT2D eigenvalue weighted by Crippen LogP contribution is -2.54. The van der Waals surface area contributed by atoms with Gasteiger partial charge in [-0.15, -0.1) is 0 Å². The first-order chi connectivity index (χ1) is 6.60. The van der Waals surface area contributed by atoms with Crippen molar-refractivity contribution in [1.29, 1.82) is 0 Å². The summed E-state index contributed by atoms with van der Waals surface area (Å²) in [5.74, 6) is 0.598. The summed E-state index contributed by atoms with van der Waals surface area (Å²) in [4.78, 5) is 2.41. The zero-order chi connectivity index (χ0) is 11.9. The van der Waals surface area contributed by atoms with Gasteiger partial charge in [0.25, 0.3) is 0 Å². The third-order valence-corrected chi connectivity index (χ3v) is 3.60. The highest BCUT2D eigenvalue weighted by atomic mass is 16.3. The quantitative estimate of drug-likeness (QED) is 0.668. The molecule has 0 aliphatic carbocycles. The molecule has 0 amide bonds. The maximum Gasteiger partial charge on any atom is 0.0670 e. The van der Waals surface area contributed by atoms with Gasteiger partial charge < -0.3 is 5.11 Å². The standard InChI is InChI=1S/C13H27NO/c1-12(2,3)10-7-11(15)9-14(8-10)13(4,5)6/h10-11,15H,7-9H2,1-6H3/t10-,11+/m0/s1. The van der Waals surface area contributed by atoms with Crippen LogP contribution in [-0.4, -0.2) is 34.7 Å². The Kier molecular flexibility index (Phi) is 3.52. The van der Waals surface area contributed by atoms with Crippen LogP contribution in [-0.2, 0) is 0 Å². The van der Waals surface area contributed by atoms with Gasteiger partial charge in [-0.1, -0.05) is 20.8 Å². The summed E-state index contributed by atoms with van der Waals surface area (Å²) in [5.41, 5.74) is 0.468. The van der Waals surface area contributed by atoms with E-state index in [1.54, 1.807) is 0 Å². The highest BCUT2D eigenvalue weighted by Gasteiger charge is 2.36. The molecular weight excluding hydrogens is 186 g/mol. The zero-order valence-electron chi connectivity index (χ0n) is 11.2. The first-order valence-corrected chi connectivity index (χ1v) is 6.04. The third kappa shape index (κ3) is 3.46. The van der Waals surface area contributed by atoms with E-state index in [1.165, 1.54) is 0 Å². The van der Waals surface area contributed by atoms with Gasteiger partial charge in [-0.3, -0.25) is 4.90 Å². The molecule has 1 aliphatic rings. The van der Waals surface area contributed by atoms with Gasteiger partial charge in [0.15, 0.2) is 0 Å². The predicted molar refractivity (Wildman–Crippen MR) is 64.9 cm³/mol. The number of hydrogen-bond acceptors (Lipinski definition) is 2. The van der Waals surface area contributed by atoms with Crippen LogP contribution in [0.2, 0.25) is 0 Å². The normalized spacial score (nSPS) is 30.6. The Labute approximate surface area is 94.7 Å². The number of hydrogen-bond donors (Lipinski definition) is 1. The van der Waals surface area contributed by atoms with Crippen LogP contribution >= 0.6 is 0 Å². The zero-order valence-corrected chi connectivity index (χ0v) is 11.2. The molecule has 90 valence electrons. The molecule has 0 bridgehead atoms. The van der Waals surface area contributed by atoms with Gasteiger partial charge in [0.05, 0.1) is 6.10 Å². The topological polar surface area (TPSA) is 23.5 Å². The second-order valence-electron chi connectivity index (χ2n) is 7.03. The second-order valence-corrected chi connectivity index (χ2v) is 7.03. The van der Waals surface area contributed by atoms with E-state index in [9.17, 15) is 5.11 Å². The predicted octanol–water partition coefficient (Wildman–Crippen LogP) is 2.51. The average molecular weight is 213 g/mol. The fraction of sp³-hybridized carbons (Fsp3) is 1.00. The van der Waals surface area contributed by atoms with Crippen LogP contribution in [0.1, 0.15) is 48.0 Å². The fourth-order valence-electron chi connectivity index (χ4n) is 2.25. The van der Waals surface area contributed by atoms with Crippen LogP contribution in [0.15, 0.2) is 0 Å². The van der Waals surface area contributed by atoms with Crippen LogP contribution < -0.4 is 0 Å². The number of aliphatic hydroxyl groups is 1. The summed E-state index contributed by atoms with van der Waals surface area (Å²) in [7, 11) is 0. The van der Waals surface area contributed by atoms with Gasteiger partial charge in [0.2, 0.25) is 0 Å². The lowest BCUT2D eigenvalue weighted by Gasteiger charge is -2.47. The summed E-state index contributed by atoms with van der Waals surface area (Å²) in [5, 5.41) is 9.94. The van der Waals surface area contributed by atoms with Crippen molar-refractivity contribution in [3.8, 4) is 0 Å². The first kappa shape index (κ1) is 13.0. The van der Waals surface area contributed by atoms with Crippen LogP contribution in [0, 0.1) is 11.3 Å². The van der Waals surface area contributed by atoms with Gasteiger partial charge in [-0.05, 0) is 38.5 Å². The number of aliphatic hydroxyl groups excluding tert-OH is 1. The first-order valence-electron chi connectivity index (χ1n) is 6.04. The Morgan fingerprint density at radius 1 is 1.00 bits per heavy atom. The maximum absolute atomic E-state index is 9.94. The summed E-state index contributed by atoms with van der Waals surface area (Å²) < 4.78 is 0.